The Bertz CT molecular complexity index is 1260. The van der Waals surface area contributed by atoms with Gasteiger partial charge in [0.15, 0.2) is 11.5 Å². The van der Waals surface area contributed by atoms with Gasteiger partial charge in [-0.25, -0.2) is 9.37 Å². The van der Waals surface area contributed by atoms with Gasteiger partial charge in [-0.05, 0) is 48.9 Å². The molecule has 0 saturated carbocycles. The number of ether oxygens (including phenoxy) is 2. The number of hydrogen-bond donors (Lipinski definition) is 0. The first-order valence-corrected chi connectivity index (χ1v) is 10.6. The quantitative estimate of drug-likeness (QED) is 0.315. The second-order valence-corrected chi connectivity index (χ2v) is 7.71. The molecule has 0 radical (unpaired) electrons. The first kappa shape index (κ1) is 20.6. The lowest BCUT2D eigenvalue weighted by Crippen LogP contribution is -2.01. The number of hydrogen-bond acceptors (Lipinski definition) is 5. The molecule has 0 atom stereocenters. The Morgan fingerprint density at radius 1 is 1.06 bits per heavy atom. The van der Waals surface area contributed by atoms with Crippen molar-refractivity contribution in [2.75, 3.05) is 6.61 Å². The van der Waals surface area contributed by atoms with Crippen LogP contribution in [-0.4, -0.2) is 11.6 Å². The van der Waals surface area contributed by atoms with Crippen LogP contribution in [0.2, 0.25) is 0 Å². The topological polar surface area (TPSA) is 55.1 Å². The zero-order valence-corrected chi connectivity index (χ0v) is 17.7. The Kier molecular flexibility index (Phi) is 6.25. The van der Waals surface area contributed by atoms with E-state index in [0.717, 1.165) is 15.8 Å². The molecule has 4 nitrogen and oxygen atoms in total. The monoisotopic (exact) mass is 430 g/mol. The molecule has 1 aromatic heterocycles. The molecule has 31 heavy (non-hydrogen) atoms. The number of nitrogens with zero attached hydrogens (tertiary/aromatic N) is 2. The highest BCUT2D eigenvalue weighted by molar-refractivity contribution is 7.19. The van der Waals surface area contributed by atoms with Crippen molar-refractivity contribution in [3.05, 3.63) is 88.7 Å². The number of halogens is 1. The molecular weight excluding hydrogens is 411 g/mol. The molecule has 0 amide bonds. The Labute approximate surface area is 183 Å². The molecule has 0 fully saturated rings. The molecule has 4 rings (SSSR count). The lowest BCUT2D eigenvalue weighted by atomic mass is 10.1. The Morgan fingerprint density at radius 3 is 2.65 bits per heavy atom. The fourth-order valence-corrected chi connectivity index (χ4v) is 4.00. The van der Waals surface area contributed by atoms with Crippen LogP contribution in [0.3, 0.4) is 0 Å². The van der Waals surface area contributed by atoms with Crippen LogP contribution in [-0.2, 0) is 6.61 Å². The summed E-state index contributed by atoms with van der Waals surface area (Å²) in [5, 5.41) is 10.4. The average Bonchev–Trinajstić information content (AvgIpc) is 3.22. The zero-order valence-electron chi connectivity index (χ0n) is 16.8. The average molecular weight is 431 g/mol. The second-order valence-electron chi connectivity index (χ2n) is 6.68. The summed E-state index contributed by atoms with van der Waals surface area (Å²) in [5.74, 6) is 0.740. The summed E-state index contributed by atoms with van der Waals surface area (Å²) in [7, 11) is 0. The fraction of sp³-hybridized carbons (Fsp3) is 0.120. The van der Waals surface area contributed by atoms with E-state index in [1.807, 2.05) is 43.3 Å². The third-order valence-electron chi connectivity index (χ3n) is 4.56. The molecule has 0 saturated heterocycles. The van der Waals surface area contributed by atoms with Gasteiger partial charge in [0, 0.05) is 5.56 Å². The van der Waals surface area contributed by atoms with Gasteiger partial charge in [-0.1, -0.05) is 36.4 Å². The van der Waals surface area contributed by atoms with Crippen LogP contribution >= 0.6 is 11.3 Å². The number of fused-ring (bicyclic) bond motifs is 1. The van der Waals surface area contributed by atoms with Gasteiger partial charge in [0.05, 0.1) is 22.4 Å². The predicted molar refractivity (Wildman–Crippen MR) is 121 cm³/mol. The third kappa shape index (κ3) is 4.73. The van der Waals surface area contributed by atoms with Gasteiger partial charge in [-0.2, -0.15) is 5.26 Å². The van der Waals surface area contributed by atoms with Crippen LogP contribution in [0, 0.1) is 17.1 Å². The third-order valence-corrected chi connectivity index (χ3v) is 5.63. The summed E-state index contributed by atoms with van der Waals surface area (Å²) in [6, 6.07) is 22.0. The summed E-state index contributed by atoms with van der Waals surface area (Å²) in [6.07, 6.45) is 1.78. The van der Waals surface area contributed by atoms with Crippen LogP contribution in [0.5, 0.6) is 11.5 Å². The van der Waals surface area contributed by atoms with Gasteiger partial charge in [0.25, 0.3) is 0 Å². The van der Waals surface area contributed by atoms with Gasteiger partial charge < -0.3 is 9.47 Å². The molecule has 6 heteroatoms. The molecule has 0 aliphatic carbocycles. The summed E-state index contributed by atoms with van der Waals surface area (Å²) in [6.45, 7) is 2.42. The number of para-hydroxylation sites is 1. The van der Waals surface area contributed by atoms with Crippen LogP contribution in [0.4, 0.5) is 4.39 Å². The van der Waals surface area contributed by atoms with E-state index in [1.165, 1.54) is 17.4 Å². The molecule has 154 valence electrons. The molecule has 0 bridgehead atoms. The Balaban J connectivity index is 1.61. The summed E-state index contributed by atoms with van der Waals surface area (Å²) in [4.78, 5) is 4.56. The minimum absolute atomic E-state index is 0.0943. The lowest BCUT2D eigenvalue weighted by molar-refractivity contribution is 0.266. The fourth-order valence-electron chi connectivity index (χ4n) is 3.07. The number of nitriles is 1. The van der Waals surface area contributed by atoms with Crippen molar-refractivity contribution in [2.24, 2.45) is 0 Å². The summed E-state index contributed by atoms with van der Waals surface area (Å²) in [5.41, 5.74) is 2.60. The predicted octanol–water partition coefficient (Wildman–Crippen LogP) is 6.48. The van der Waals surface area contributed by atoms with E-state index in [1.54, 1.807) is 30.3 Å². The molecule has 0 N–H and O–H groups in total. The van der Waals surface area contributed by atoms with Gasteiger partial charge in [-0.3, -0.25) is 0 Å². The SMILES string of the molecule is CCOc1cc(/C=C(\C#N)c2nc3ccccc3s2)ccc1OCc1ccccc1F. The highest BCUT2D eigenvalue weighted by Gasteiger charge is 2.11. The summed E-state index contributed by atoms with van der Waals surface area (Å²) < 4.78 is 26.4. The second kappa shape index (κ2) is 9.41. The summed E-state index contributed by atoms with van der Waals surface area (Å²) >= 11 is 1.48. The minimum Gasteiger partial charge on any atom is -0.490 e. The van der Waals surface area contributed by atoms with E-state index >= 15 is 0 Å². The van der Waals surface area contributed by atoms with Crippen molar-refractivity contribution in [3.63, 3.8) is 0 Å². The highest BCUT2D eigenvalue weighted by Crippen LogP contribution is 2.32. The van der Waals surface area contributed by atoms with E-state index < -0.39 is 0 Å². The maximum absolute atomic E-state index is 13.9. The number of benzene rings is 3. The van der Waals surface area contributed by atoms with Crippen LogP contribution in [0.15, 0.2) is 66.7 Å². The van der Waals surface area contributed by atoms with E-state index in [-0.39, 0.29) is 12.4 Å². The number of aromatic nitrogens is 1. The molecule has 0 spiro atoms. The van der Waals surface area contributed by atoms with Gasteiger partial charge in [0.1, 0.15) is 23.5 Å². The van der Waals surface area contributed by atoms with Gasteiger partial charge in [-0.15, -0.1) is 11.3 Å². The maximum Gasteiger partial charge on any atom is 0.161 e. The van der Waals surface area contributed by atoms with Gasteiger partial charge >= 0.3 is 0 Å². The van der Waals surface area contributed by atoms with E-state index in [0.29, 0.717) is 34.3 Å². The number of thiazole rings is 1. The normalized spacial score (nSPS) is 11.3. The first-order chi connectivity index (χ1) is 15.2. The van der Waals surface area contributed by atoms with E-state index in [2.05, 4.69) is 11.1 Å². The van der Waals surface area contributed by atoms with Crippen LogP contribution in [0.1, 0.15) is 23.1 Å². The van der Waals surface area contributed by atoms with E-state index in [4.69, 9.17) is 9.47 Å². The molecule has 1 heterocycles. The molecule has 3 aromatic carbocycles. The standard InChI is InChI=1S/C25H19FN2O2S/c1-2-29-23-14-17(11-12-22(23)30-16-18-7-3-4-8-20(18)26)13-19(15-27)25-28-21-9-5-6-10-24(21)31-25/h3-14H,2,16H2,1H3/b19-13+. The number of allylic oxidation sites excluding steroid dienone is 1. The lowest BCUT2D eigenvalue weighted by Gasteiger charge is -2.13. The van der Waals surface area contributed by atoms with Gasteiger partial charge in [0.2, 0.25) is 0 Å². The van der Waals surface area contributed by atoms with Crippen molar-refractivity contribution in [3.8, 4) is 17.6 Å². The zero-order chi connectivity index (χ0) is 21.6. The number of rotatable bonds is 7. The highest BCUT2D eigenvalue weighted by atomic mass is 32.1. The maximum atomic E-state index is 13.9. The largest absolute Gasteiger partial charge is 0.490 e. The van der Waals surface area contributed by atoms with Crippen molar-refractivity contribution < 1.29 is 13.9 Å². The molecule has 4 aromatic rings. The van der Waals surface area contributed by atoms with E-state index in [9.17, 15) is 9.65 Å². The molecule has 0 unspecified atom stereocenters. The van der Waals surface area contributed by atoms with Crippen LogP contribution < -0.4 is 9.47 Å². The molecule has 0 aliphatic heterocycles. The smallest absolute Gasteiger partial charge is 0.161 e. The Morgan fingerprint density at radius 2 is 1.87 bits per heavy atom. The van der Waals surface area contributed by atoms with Crippen molar-refractivity contribution >= 4 is 33.2 Å². The van der Waals surface area contributed by atoms with Crippen molar-refractivity contribution in [2.45, 2.75) is 13.5 Å². The van der Waals surface area contributed by atoms with Crippen molar-refractivity contribution in [1.29, 1.82) is 5.26 Å². The Hall–Kier alpha value is -3.69. The first-order valence-electron chi connectivity index (χ1n) is 9.78. The van der Waals surface area contributed by atoms with Crippen molar-refractivity contribution in [1.82, 2.24) is 4.98 Å². The molecule has 0 aliphatic rings. The minimum atomic E-state index is -0.311. The molecular formula is C25H19FN2O2S. The van der Waals surface area contributed by atoms with Crippen LogP contribution in [0.25, 0.3) is 21.9 Å².